The zero-order valence-electron chi connectivity index (χ0n) is 17.7. The molecule has 2 N–H and O–H groups in total. The predicted molar refractivity (Wildman–Crippen MR) is 127 cm³/mol. The van der Waals surface area contributed by atoms with Gasteiger partial charge in [0.15, 0.2) is 0 Å². The number of piperazine rings is 1. The van der Waals surface area contributed by atoms with E-state index in [-0.39, 0.29) is 5.82 Å². The van der Waals surface area contributed by atoms with Crippen LogP contribution in [0.3, 0.4) is 0 Å². The largest absolute Gasteiger partial charge is 0.495 e. The lowest BCUT2D eigenvalue weighted by molar-refractivity contribution is 0.406. The van der Waals surface area contributed by atoms with E-state index in [0.29, 0.717) is 34.0 Å². The van der Waals surface area contributed by atoms with Gasteiger partial charge in [-0.2, -0.15) is 0 Å². The maximum Gasteiger partial charge on any atom is 0.150 e. The third-order valence-electron chi connectivity index (χ3n) is 5.25. The average molecular weight is 460 g/mol. The summed E-state index contributed by atoms with van der Waals surface area (Å²) in [5.74, 6) is 0.198. The van der Waals surface area contributed by atoms with Gasteiger partial charge in [-0.25, -0.2) is 8.60 Å². The molecular weight excluding hydrogens is 433 g/mol. The Hall–Kier alpha value is -2.42. The fourth-order valence-corrected chi connectivity index (χ4v) is 5.54. The SMILES string of the molecule is COc1ccc(N2CC(C)NC(C)C2)cc1NS(=O)c1ccc(-c2cccs2)c(F)c1. The molecule has 164 valence electrons. The van der Waals surface area contributed by atoms with Gasteiger partial charge in [0.05, 0.1) is 17.7 Å². The number of methoxy groups -OCH3 is 1. The molecule has 31 heavy (non-hydrogen) atoms. The van der Waals surface area contributed by atoms with Crippen LogP contribution < -0.4 is 19.7 Å². The van der Waals surface area contributed by atoms with E-state index < -0.39 is 11.0 Å². The minimum atomic E-state index is -1.64. The van der Waals surface area contributed by atoms with Crippen molar-refractivity contribution in [2.45, 2.75) is 30.8 Å². The molecule has 0 aliphatic carbocycles. The van der Waals surface area contributed by atoms with Gasteiger partial charge in [0.1, 0.15) is 22.6 Å². The van der Waals surface area contributed by atoms with Gasteiger partial charge in [-0.05, 0) is 61.7 Å². The number of nitrogens with one attached hydrogen (secondary N) is 2. The van der Waals surface area contributed by atoms with Gasteiger partial charge in [-0.1, -0.05) is 6.07 Å². The Labute approximate surface area is 188 Å². The molecule has 1 aliphatic rings. The van der Waals surface area contributed by atoms with Crippen molar-refractivity contribution in [3.8, 4) is 16.2 Å². The first-order chi connectivity index (χ1) is 14.9. The van der Waals surface area contributed by atoms with E-state index in [9.17, 15) is 8.60 Å². The van der Waals surface area contributed by atoms with Crippen molar-refractivity contribution >= 4 is 33.7 Å². The minimum absolute atomic E-state index is 0.370. The Morgan fingerprint density at radius 1 is 1.16 bits per heavy atom. The quantitative estimate of drug-likeness (QED) is 0.551. The molecule has 0 saturated carbocycles. The van der Waals surface area contributed by atoms with E-state index in [1.165, 1.54) is 17.4 Å². The summed E-state index contributed by atoms with van der Waals surface area (Å²) in [6.45, 7) is 6.09. The number of hydrogen-bond donors (Lipinski definition) is 2. The number of nitrogens with zero attached hydrogens (tertiary/aromatic N) is 1. The minimum Gasteiger partial charge on any atom is -0.495 e. The third kappa shape index (κ3) is 4.92. The highest BCUT2D eigenvalue weighted by Gasteiger charge is 2.22. The van der Waals surface area contributed by atoms with Crippen molar-refractivity contribution < 1.29 is 13.3 Å². The zero-order valence-corrected chi connectivity index (χ0v) is 19.4. The molecule has 1 aliphatic heterocycles. The van der Waals surface area contributed by atoms with Gasteiger partial charge in [-0.15, -0.1) is 11.3 Å². The molecule has 0 radical (unpaired) electrons. The monoisotopic (exact) mass is 459 g/mol. The molecule has 2 aromatic carbocycles. The van der Waals surface area contributed by atoms with Gasteiger partial charge in [0.25, 0.3) is 0 Å². The fourth-order valence-electron chi connectivity index (χ4n) is 3.91. The summed E-state index contributed by atoms with van der Waals surface area (Å²) in [6, 6.07) is 15.0. The van der Waals surface area contributed by atoms with Crippen LogP contribution in [0.1, 0.15) is 13.8 Å². The number of anilines is 2. The van der Waals surface area contributed by atoms with Crippen LogP contribution in [-0.2, 0) is 11.0 Å². The zero-order chi connectivity index (χ0) is 22.0. The van der Waals surface area contributed by atoms with Gasteiger partial charge in [0.2, 0.25) is 0 Å². The van der Waals surface area contributed by atoms with E-state index in [1.807, 2.05) is 35.7 Å². The first kappa shape index (κ1) is 21.8. The number of rotatable bonds is 6. The molecule has 5 nitrogen and oxygen atoms in total. The summed E-state index contributed by atoms with van der Waals surface area (Å²) in [4.78, 5) is 3.51. The van der Waals surface area contributed by atoms with Crippen LogP contribution in [0, 0.1) is 5.82 Å². The Morgan fingerprint density at radius 3 is 2.58 bits per heavy atom. The second-order valence-electron chi connectivity index (χ2n) is 7.75. The first-order valence-electron chi connectivity index (χ1n) is 10.2. The highest BCUT2D eigenvalue weighted by atomic mass is 32.2. The van der Waals surface area contributed by atoms with Crippen molar-refractivity contribution in [3.05, 3.63) is 59.7 Å². The maximum absolute atomic E-state index is 14.6. The Morgan fingerprint density at radius 2 is 1.94 bits per heavy atom. The lowest BCUT2D eigenvalue weighted by atomic mass is 10.1. The van der Waals surface area contributed by atoms with Crippen molar-refractivity contribution in [2.75, 3.05) is 29.8 Å². The van der Waals surface area contributed by atoms with Crippen LogP contribution >= 0.6 is 11.3 Å². The molecule has 3 atom stereocenters. The number of thiophene rings is 1. The number of ether oxygens (including phenoxy) is 1. The molecule has 2 heterocycles. The summed E-state index contributed by atoms with van der Waals surface area (Å²) in [5, 5.41) is 5.43. The summed E-state index contributed by atoms with van der Waals surface area (Å²) in [5.41, 5.74) is 2.15. The predicted octanol–water partition coefficient (Wildman–Crippen LogP) is 4.88. The molecule has 1 saturated heterocycles. The second-order valence-corrected chi connectivity index (χ2v) is 9.91. The topological polar surface area (TPSA) is 53.6 Å². The molecule has 3 unspecified atom stereocenters. The summed E-state index contributed by atoms with van der Waals surface area (Å²) < 4.78 is 36.1. The van der Waals surface area contributed by atoms with Crippen LogP contribution in [0.15, 0.2) is 58.8 Å². The van der Waals surface area contributed by atoms with Crippen molar-refractivity contribution in [2.24, 2.45) is 0 Å². The van der Waals surface area contributed by atoms with E-state index in [0.717, 1.165) is 23.7 Å². The van der Waals surface area contributed by atoms with E-state index in [2.05, 4.69) is 28.8 Å². The standard InChI is InChI=1S/C23H26FN3O2S2/c1-15-13-27(14-16(2)25-15)17-6-9-22(29-3)21(11-17)26-31(28)18-7-8-19(20(24)12-18)23-5-4-10-30-23/h4-12,15-16,25-26H,13-14H2,1-3H3. The molecule has 1 aromatic heterocycles. The van der Waals surface area contributed by atoms with Gasteiger partial charge < -0.3 is 15.0 Å². The van der Waals surface area contributed by atoms with Crippen LogP contribution in [-0.4, -0.2) is 36.5 Å². The smallest absolute Gasteiger partial charge is 0.150 e. The fraction of sp³-hybridized carbons (Fsp3) is 0.304. The van der Waals surface area contributed by atoms with E-state index in [1.54, 1.807) is 19.2 Å². The lowest BCUT2D eigenvalue weighted by Gasteiger charge is -2.38. The first-order valence-corrected chi connectivity index (χ1v) is 12.2. The molecule has 1 fully saturated rings. The van der Waals surface area contributed by atoms with Crippen LogP contribution in [0.5, 0.6) is 5.75 Å². The number of benzene rings is 2. The van der Waals surface area contributed by atoms with Crippen LogP contribution in [0.25, 0.3) is 10.4 Å². The number of halogens is 1. The molecule has 8 heteroatoms. The summed E-state index contributed by atoms with van der Waals surface area (Å²) in [7, 11) is -0.0593. The molecule has 3 aromatic rings. The molecule has 0 spiro atoms. The van der Waals surface area contributed by atoms with Crippen LogP contribution in [0.2, 0.25) is 0 Å². The molecule has 4 rings (SSSR count). The Kier molecular flexibility index (Phi) is 6.60. The van der Waals surface area contributed by atoms with Crippen molar-refractivity contribution in [1.82, 2.24) is 5.32 Å². The molecule has 0 amide bonds. The van der Waals surface area contributed by atoms with Crippen LogP contribution in [0.4, 0.5) is 15.8 Å². The highest BCUT2D eigenvalue weighted by Crippen LogP contribution is 2.33. The van der Waals surface area contributed by atoms with E-state index >= 15 is 0 Å². The molecular formula is C23H26FN3O2S2. The van der Waals surface area contributed by atoms with Gasteiger partial charge in [-0.3, -0.25) is 4.72 Å². The Balaban J connectivity index is 1.56. The second kappa shape index (κ2) is 9.38. The van der Waals surface area contributed by atoms with E-state index in [4.69, 9.17) is 4.74 Å². The Bertz CT molecular complexity index is 1060. The van der Waals surface area contributed by atoms with Crippen molar-refractivity contribution in [1.29, 1.82) is 0 Å². The normalized spacial score (nSPS) is 19.8. The van der Waals surface area contributed by atoms with Gasteiger partial charge in [0, 0.05) is 41.3 Å². The van der Waals surface area contributed by atoms with Crippen molar-refractivity contribution in [3.63, 3.8) is 0 Å². The highest BCUT2D eigenvalue weighted by molar-refractivity contribution is 7.86. The number of hydrogen-bond acceptors (Lipinski definition) is 5. The van der Waals surface area contributed by atoms with Gasteiger partial charge >= 0.3 is 0 Å². The lowest BCUT2D eigenvalue weighted by Crippen LogP contribution is -2.54. The summed E-state index contributed by atoms with van der Waals surface area (Å²) >= 11 is 1.47. The average Bonchev–Trinajstić information content (AvgIpc) is 3.27. The maximum atomic E-state index is 14.6. The third-order valence-corrected chi connectivity index (χ3v) is 7.24. The summed E-state index contributed by atoms with van der Waals surface area (Å²) in [6.07, 6.45) is 0. The molecule has 0 bridgehead atoms.